The standard InChI is InChI=1S/C15H17N3O3/c1-2-21-14(19)10-18-15(20)17-9-11-5-6-13-12(8-11)4-3-7-16-13/h3-8H,2,9-10H2,1H3,(H2,17,18,20). The molecule has 1 aromatic heterocycles. The van der Waals surface area contributed by atoms with Crippen LogP contribution in [0.1, 0.15) is 12.5 Å². The van der Waals surface area contributed by atoms with Gasteiger partial charge in [0, 0.05) is 18.1 Å². The molecule has 0 aliphatic rings. The number of nitrogens with one attached hydrogen (secondary N) is 2. The van der Waals surface area contributed by atoms with Gasteiger partial charge in [0.15, 0.2) is 0 Å². The molecule has 2 N–H and O–H groups in total. The minimum Gasteiger partial charge on any atom is -0.465 e. The monoisotopic (exact) mass is 287 g/mol. The third kappa shape index (κ3) is 4.45. The third-order valence-corrected chi connectivity index (χ3v) is 2.82. The summed E-state index contributed by atoms with van der Waals surface area (Å²) < 4.78 is 4.71. The maximum atomic E-state index is 11.5. The second-order valence-corrected chi connectivity index (χ2v) is 4.37. The maximum absolute atomic E-state index is 11.5. The molecule has 2 amide bonds. The quantitative estimate of drug-likeness (QED) is 0.818. The van der Waals surface area contributed by atoms with Gasteiger partial charge in [-0.05, 0) is 30.7 Å². The van der Waals surface area contributed by atoms with Gasteiger partial charge in [0.25, 0.3) is 0 Å². The Balaban J connectivity index is 1.83. The van der Waals surface area contributed by atoms with Gasteiger partial charge in [-0.1, -0.05) is 12.1 Å². The van der Waals surface area contributed by atoms with E-state index in [9.17, 15) is 9.59 Å². The van der Waals surface area contributed by atoms with Crippen molar-refractivity contribution in [1.29, 1.82) is 0 Å². The fourth-order valence-electron chi connectivity index (χ4n) is 1.84. The number of hydrogen-bond donors (Lipinski definition) is 2. The van der Waals surface area contributed by atoms with Crippen molar-refractivity contribution >= 4 is 22.9 Å². The largest absolute Gasteiger partial charge is 0.465 e. The van der Waals surface area contributed by atoms with Crippen LogP contribution < -0.4 is 10.6 Å². The van der Waals surface area contributed by atoms with Crippen molar-refractivity contribution in [3.05, 3.63) is 42.1 Å². The van der Waals surface area contributed by atoms with Crippen LogP contribution in [-0.2, 0) is 16.1 Å². The summed E-state index contributed by atoms with van der Waals surface area (Å²) in [5.74, 6) is -0.454. The highest BCUT2D eigenvalue weighted by atomic mass is 16.5. The summed E-state index contributed by atoms with van der Waals surface area (Å²) >= 11 is 0. The Bertz CT molecular complexity index is 643. The van der Waals surface area contributed by atoms with E-state index in [1.807, 2.05) is 30.3 Å². The predicted molar refractivity (Wildman–Crippen MR) is 78.6 cm³/mol. The fraction of sp³-hybridized carbons (Fsp3) is 0.267. The molecule has 0 aliphatic heterocycles. The zero-order valence-electron chi connectivity index (χ0n) is 11.8. The second kappa shape index (κ2) is 7.23. The van der Waals surface area contributed by atoms with Gasteiger partial charge in [-0.3, -0.25) is 9.78 Å². The first kappa shape index (κ1) is 14.8. The van der Waals surface area contributed by atoms with Crippen LogP contribution in [-0.4, -0.2) is 30.1 Å². The molecule has 2 rings (SSSR count). The smallest absolute Gasteiger partial charge is 0.325 e. The predicted octanol–water partition coefficient (Wildman–Crippen LogP) is 1.60. The van der Waals surface area contributed by atoms with E-state index in [4.69, 9.17) is 4.74 Å². The fourth-order valence-corrected chi connectivity index (χ4v) is 1.84. The highest BCUT2D eigenvalue weighted by Gasteiger charge is 2.05. The molecule has 0 spiro atoms. The van der Waals surface area contributed by atoms with E-state index in [-0.39, 0.29) is 6.54 Å². The zero-order chi connectivity index (χ0) is 15.1. The van der Waals surface area contributed by atoms with E-state index in [2.05, 4.69) is 15.6 Å². The Morgan fingerprint density at radius 2 is 2.10 bits per heavy atom. The van der Waals surface area contributed by atoms with Gasteiger partial charge >= 0.3 is 12.0 Å². The zero-order valence-corrected chi connectivity index (χ0v) is 11.8. The molecule has 6 nitrogen and oxygen atoms in total. The van der Waals surface area contributed by atoms with Crippen LogP contribution >= 0.6 is 0 Å². The highest BCUT2D eigenvalue weighted by molar-refractivity contribution is 5.81. The summed E-state index contributed by atoms with van der Waals surface area (Å²) in [6.45, 7) is 2.25. The highest BCUT2D eigenvalue weighted by Crippen LogP contribution is 2.12. The molecular weight excluding hydrogens is 270 g/mol. The minimum atomic E-state index is -0.454. The molecule has 0 atom stereocenters. The first-order valence-corrected chi connectivity index (χ1v) is 6.70. The molecule has 110 valence electrons. The molecule has 0 unspecified atom stereocenters. The average molecular weight is 287 g/mol. The van der Waals surface area contributed by atoms with Crippen molar-refractivity contribution in [1.82, 2.24) is 15.6 Å². The van der Waals surface area contributed by atoms with Crippen LogP contribution in [0.2, 0.25) is 0 Å². The van der Waals surface area contributed by atoms with Gasteiger partial charge in [0.1, 0.15) is 6.54 Å². The van der Waals surface area contributed by atoms with Gasteiger partial charge in [-0.25, -0.2) is 4.79 Å². The van der Waals surface area contributed by atoms with Crippen molar-refractivity contribution in [3.63, 3.8) is 0 Å². The first-order chi connectivity index (χ1) is 10.2. The molecular formula is C15H17N3O3. The molecule has 1 aromatic carbocycles. The van der Waals surface area contributed by atoms with Crippen LogP contribution in [0.25, 0.3) is 10.9 Å². The Morgan fingerprint density at radius 1 is 1.24 bits per heavy atom. The number of nitrogens with zero attached hydrogens (tertiary/aromatic N) is 1. The van der Waals surface area contributed by atoms with E-state index in [0.717, 1.165) is 16.5 Å². The van der Waals surface area contributed by atoms with E-state index in [0.29, 0.717) is 13.2 Å². The molecule has 21 heavy (non-hydrogen) atoms. The molecule has 0 radical (unpaired) electrons. The van der Waals surface area contributed by atoms with E-state index >= 15 is 0 Å². The number of carbonyl (C=O) groups is 2. The summed E-state index contributed by atoms with van der Waals surface area (Å²) in [4.78, 5) is 26.9. The number of hydrogen-bond acceptors (Lipinski definition) is 4. The molecule has 0 saturated heterocycles. The summed E-state index contributed by atoms with van der Waals surface area (Å²) in [5, 5.41) is 6.14. The Morgan fingerprint density at radius 3 is 2.90 bits per heavy atom. The summed E-state index contributed by atoms with van der Waals surface area (Å²) in [6, 6.07) is 9.20. The van der Waals surface area contributed by atoms with E-state index < -0.39 is 12.0 Å². The summed E-state index contributed by atoms with van der Waals surface area (Å²) in [5.41, 5.74) is 1.87. The van der Waals surface area contributed by atoms with Gasteiger partial charge in [0.05, 0.1) is 12.1 Å². The molecule has 0 bridgehead atoms. The number of benzene rings is 1. The first-order valence-electron chi connectivity index (χ1n) is 6.70. The van der Waals surface area contributed by atoms with Crippen molar-refractivity contribution < 1.29 is 14.3 Å². The van der Waals surface area contributed by atoms with Crippen molar-refractivity contribution in [3.8, 4) is 0 Å². The number of pyridine rings is 1. The topological polar surface area (TPSA) is 80.3 Å². The number of urea groups is 1. The van der Waals surface area contributed by atoms with Crippen LogP contribution in [0, 0.1) is 0 Å². The van der Waals surface area contributed by atoms with Crippen LogP contribution in [0.3, 0.4) is 0 Å². The lowest BCUT2D eigenvalue weighted by Gasteiger charge is -2.08. The second-order valence-electron chi connectivity index (χ2n) is 4.37. The van der Waals surface area contributed by atoms with Gasteiger partial charge in [0.2, 0.25) is 0 Å². The van der Waals surface area contributed by atoms with Crippen LogP contribution in [0.4, 0.5) is 4.79 Å². The molecule has 1 heterocycles. The summed E-state index contributed by atoms with van der Waals surface area (Å²) in [6.07, 6.45) is 1.74. The number of rotatable bonds is 5. The number of carbonyl (C=O) groups excluding carboxylic acids is 2. The van der Waals surface area contributed by atoms with Crippen LogP contribution in [0.5, 0.6) is 0 Å². The number of esters is 1. The lowest BCUT2D eigenvalue weighted by molar-refractivity contribution is -0.141. The normalized spacial score (nSPS) is 10.1. The SMILES string of the molecule is CCOC(=O)CNC(=O)NCc1ccc2ncccc2c1. The maximum Gasteiger partial charge on any atom is 0.325 e. The average Bonchev–Trinajstić information content (AvgIpc) is 2.51. The number of amides is 2. The van der Waals surface area contributed by atoms with E-state index in [1.165, 1.54) is 0 Å². The molecule has 2 aromatic rings. The lowest BCUT2D eigenvalue weighted by Crippen LogP contribution is -2.38. The Kier molecular flexibility index (Phi) is 5.09. The van der Waals surface area contributed by atoms with E-state index in [1.54, 1.807) is 13.1 Å². The minimum absolute atomic E-state index is 0.138. The Hall–Kier alpha value is -2.63. The Labute approximate surface area is 122 Å². The van der Waals surface area contributed by atoms with Crippen molar-refractivity contribution in [2.45, 2.75) is 13.5 Å². The molecule has 0 saturated carbocycles. The van der Waals surface area contributed by atoms with Gasteiger partial charge < -0.3 is 15.4 Å². The molecule has 6 heteroatoms. The summed E-state index contributed by atoms with van der Waals surface area (Å²) in [7, 11) is 0. The molecule has 0 fully saturated rings. The number of ether oxygens (including phenoxy) is 1. The van der Waals surface area contributed by atoms with Gasteiger partial charge in [-0.15, -0.1) is 0 Å². The number of aromatic nitrogens is 1. The van der Waals surface area contributed by atoms with Crippen molar-refractivity contribution in [2.24, 2.45) is 0 Å². The van der Waals surface area contributed by atoms with Gasteiger partial charge in [-0.2, -0.15) is 0 Å². The molecule has 0 aliphatic carbocycles. The lowest BCUT2D eigenvalue weighted by atomic mass is 10.1. The number of fused-ring (bicyclic) bond motifs is 1. The van der Waals surface area contributed by atoms with Crippen molar-refractivity contribution in [2.75, 3.05) is 13.2 Å². The van der Waals surface area contributed by atoms with Crippen LogP contribution in [0.15, 0.2) is 36.5 Å². The third-order valence-electron chi connectivity index (χ3n) is 2.82.